The van der Waals surface area contributed by atoms with E-state index in [9.17, 15) is 9.59 Å². The molecule has 3 saturated heterocycles. The van der Waals surface area contributed by atoms with E-state index in [0.717, 1.165) is 25.2 Å². The highest BCUT2D eigenvalue weighted by Gasteiger charge is 2.53. The number of pyridine rings is 1. The van der Waals surface area contributed by atoms with Gasteiger partial charge in [-0.1, -0.05) is 0 Å². The molecule has 1 spiro atoms. The molecular formula is C18H23N5O2. The Morgan fingerprint density at radius 3 is 2.84 bits per heavy atom. The first-order valence-electron chi connectivity index (χ1n) is 9.10. The largest absolute Gasteiger partial charge is 0.351 e. The van der Waals surface area contributed by atoms with Crippen LogP contribution in [0, 0.1) is 5.92 Å². The molecule has 3 amide bonds. The van der Waals surface area contributed by atoms with E-state index in [2.05, 4.69) is 20.1 Å². The van der Waals surface area contributed by atoms with E-state index >= 15 is 0 Å². The maximum atomic E-state index is 13.1. The van der Waals surface area contributed by atoms with Crippen molar-refractivity contribution in [3.63, 3.8) is 0 Å². The van der Waals surface area contributed by atoms with Gasteiger partial charge in [0, 0.05) is 45.5 Å². The fraction of sp³-hybridized carbons (Fsp3) is 0.611. The third-order valence-electron chi connectivity index (χ3n) is 6.54. The van der Waals surface area contributed by atoms with Crippen LogP contribution in [0.4, 0.5) is 10.6 Å². The third-order valence-corrected chi connectivity index (χ3v) is 6.54. The van der Waals surface area contributed by atoms with Crippen molar-refractivity contribution < 1.29 is 9.59 Å². The molecule has 2 atom stereocenters. The predicted octanol–water partition coefficient (Wildman–Crippen LogP) is 0.920. The monoisotopic (exact) mass is 341 g/mol. The average molecular weight is 341 g/mol. The van der Waals surface area contributed by atoms with Gasteiger partial charge in [0.1, 0.15) is 5.82 Å². The van der Waals surface area contributed by atoms with E-state index in [1.54, 1.807) is 11.1 Å². The van der Waals surface area contributed by atoms with Crippen LogP contribution >= 0.6 is 0 Å². The van der Waals surface area contributed by atoms with Crippen molar-refractivity contribution in [1.82, 2.24) is 20.1 Å². The van der Waals surface area contributed by atoms with Gasteiger partial charge < -0.3 is 20.0 Å². The Balaban J connectivity index is 1.37. The van der Waals surface area contributed by atoms with Gasteiger partial charge in [0.2, 0.25) is 0 Å². The summed E-state index contributed by atoms with van der Waals surface area (Å²) in [4.78, 5) is 35.4. The minimum atomic E-state index is -0.165. The summed E-state index contributed by atoms with van der Waals surface area (Å²) < 4.78 is 0. The Hall–Kier alpha value is -2.31. The molecule has 0 radical (unpaired) electrons. The number of likely N-dealkylation sites (tertiary alicyclic amines) is 1. The van der Waals surface area contributed by atoms with Crippen LogP contribution in [0.15, 0.2) is 18.3 Å². The number of nitrogens with zero attached hydrogens (tertiary/aromatic N) is 4. The van der Waals surface area contributed by atoms with Crippen molar-refractivity contribution in [2.75, 3.05) is 38.1 Å². The Morgan fingerprint density at radius 2 is 2.20 bits per heavy atom. The lowest BCUT2D eigenvalue weighted by molar-refractivity contribution is 0.0702. The molecule has 2 bridgehead atoms. The minimum absolute atomic E-state index is 0.0231. The van der Waals surface area contributed by atoms with Crippen LogP contribution in [-0.2, 0) is 0 Å². The van der Waals surface area contributed by atoms with E-state index < -0.39 is 0 Å². The molecule has 7 nitrogen and oxygen atoms in total. The first-order chi connectivity index (χ1) is 12.1. The number of anilines is 1. The molecule has 4 fully saturated rings. The lowest BCUT2D eigenvalue weighted by Crippen LogP contribution is -2.69. The topological polar surface area (TPSA) is 68.8 Å². The summed E-state index contributed by atoms with van der Waals surface area (Å²) in [6.45, 7) is 2.98. The Kier molecular flexibility index (Phi) is 3.05. The van der Waals surface area contributed by atoms with Crippen LogP contribution in [0.25, 0.3) is 0 Å². The predicted molar refractivity (Wildman–Crippen MR) is 92.5 cm³/mol. The molecule has 1 N–H and O–H groups in total. The van der Waals surface area contributed by atoms with Crippen molar-refractivity contribution in [3.05, 3.63) is 23.9 Å². The minimum Gasteiger partial charge on any atom is -0.351 e. The van der Waals surface area contributed by atoms with Crippen LogP contribution in [0.1, 0.15) is 29.6 Å². The zero-order valence-corrected chi connectivity index (χ0v) is 14.4. The van der Waals surface area contributed by atoms with Crippen molar-refractivity contribution in [2.24, 2.45) is 5.92 Å². The maximum absolute atomic E-state index is 13.1. The van der Waals surface area contributed by atoms with Crippen LogP contribution < -0.4 is 10.2 Å². The number of likely N-dealkylation sites (N-methyl/N-ethyl adjacent to an activating group) is 1. The Morgan fingerprint density at radius 1 is 1.36 bits per heavy atom. The smallest absolute Gasteiger partial charge is 0.317 e. The van der Waals surface area contributed by atoms with Crippen molar-refractivity contribution >= 4 is 17.8 Å². The third kappa shape index (κ3) is 2.07. The molecule has 5 rings (SSSR count). The summed E-state index contributed by atoms with van der Waals surface area (Å²) in [6, 6.07) is 4.12. The van der Waals surface area contributed by atoms with E-state index in [1.165, 1.54) is 6.42 Å². The number of fused-ring (bicyclic) bond motifs is 2. The van der Waals surface area contributed by atoms with Gasteiger partial charge in [-0.05, 0) is 37.3 Å². The van der Waals surface area contributed by atoms with E-state index in [4.69, 9.17) is 0 Å². The number of rotatable bonds is 2. The zero-order chi connectivity index (χ0) is 17.2. The number of piperidine rings is 1. The van der Waals surface area contributed by atoms with Crippen LogP contribution in [0.5, 0.6) is 0 Å². The van der Waals surface area contributed by atoms with E-state index in [1.807, 2.05) is 19.2 Å². The van der Waals surface area contributed by atoms with Crippen molar-refractivity contribution in [2.45, 2.75) is 30.8 Å². The summed E-state index contributed by atoms with van der Waals surface area (Å²) in [5.74, 6) is 1.56. The van der Waals surface area contributed by atoms with Gasteiger partial charge in [-0.2, -0.15) is 0 Å². The first kappa shape index (κ1) is 15.0. The van der Waals surface area contributed by atoms with Crippen molar-refractivity contribution in [1.29, 1.82) is 0 Å². The zero-order valence-electron chi connectivity index (χ0n) is 14.4. The maximum Gasteiger partial charge on any atom is 0.317 e. The fourth-order valence-electron chi connectivity index (χ4n) is 4.97. The first-order valence-corrected chi connectivity index (χ1v) is 9.10. The molecule has 1 saturated carbocycles. The Bertz CT molecular complexity index is 745. The molecule has 7 heteroatoms. The molecule has 1 aliphatic carbocycles. The molecule has 3 aliphatic heterocycles. The quantitative estimate of drug-likeness (QED) is 0.869. The molecule has 25 heavy (non-hydrogen) atoms. The second-order valence-electron chi connectivity index (χ2n) is 7.96. The number of aromatic nitrogens is 1. The molecule has 0 unspecified atom stereocenters. The highest BCUT2D eigenvalue weighted by Crippen LogP contribution is 2.40. The van der Waals surface area contributed by atoms with Gasteiger partial charge >= 0.3 is 6.03 Å². The van der Waals surface area contributed by atoms with Crippen LogP contribution in [-0.4, -0.2) is 71.5 Å². The SMILES string of the molecule is CN1C(=O)NCC12CN(c1ncccc1C(=O)N1C[C@H]3CC[C@@H]1C3)C2. The molecule has 4 heterocycles. The average Bonchev–Trinajstić information content (AvgIpc) is 3.29. The summed E-state index contributed by atoms with van der Waals surface area (Å²) in [5.41, 5.74) is 0.534. The molecular weight excluding hydrogens is 318 g/mol. The highest BCUT2D eigenvalue weighted by atomic mass is 16.2. The molecule has 1 aromatic rings. The van der Waals surface area contributed by atoms with Crippen LogP contribution in [0.2, 0.25) is 0 Å². The van der Waals surface area contributed by atoms with Crippen LogP contribution in [0.3, 0.4) is 0 Å². The number of carbonyl (C=O) groups is 2. The number of urea groups is 1. The summed E-state index contributed by atoms with van der Waals surface area (Å²) >= 11 is 0. The molecule has 1 aromatic heterocycles. The number of hydrogen-bond donors (Lipinski definition) is 1. The number of amides is 3. The lowest BCUT2D eigenvalue weighted by atomic mass is 9.89. The summed E-state index contributed by atoms with van der Waals surface area (Å²) in [5, 5.41) is 2.90. The second kappa shape index (κ2) is 5.09. The Labute approximate surface area is 147 Å². The number of hydrogen-bond acceptors (Lipinski definition) is 4. The van der Waals surface area contributed by atoms with E-state index in [-0.39, 0.29) is 17.5 Å². The van der Waals surface area contributed by atoms with Crippen molar-refractivity contribution in [3.8, 4) is 0 Å². The summed E-state index contributed by atoms with van der Waals surface area (Å²) in [6.07, 6.45) is 5.30. The highest BCUT2D eigenvalue weighted by molar-refractivity contribution is 5.99. The van der Waals surface area contributed by atoms with Gasteiger partial charge in [-0.15, -0.1) is 0 Å². The van der Waals surface area contributed by atoms with Gasteiger partial charge in [-0.25, -0.2) is 9.78 Å². The second-order valence-corrected chi connectivity index (χ2v) is 7.96. The van der Waals surface area contributed by atoms with E-state index in [0.29, 0.717) is 37.2 Å². The standard InChI is InChI=1S/C18H23N5O2/c1-21-17(25)20-9-18(21)10-22(11-18)15-14(3-2-6-19-15)16(24)23-8-12-4-5-13(23)7-12/h2-3,6,12-13H,4-5,7-11H2,1H3,(H,20,25)/t12-,13+/m0/s1. The lowest BCUT2D eigenvalue weighted by Gasteiger charge is -2.51. The number of carbonyl (C=O) groups excluding carboxylic acids is 2. The molecule has 0 aromatic carbocycles. The van der Waals surface area contributed by atoms with Gasteiger partial charge in [0.15, 0.2) is 0 Å². The summed E-state index contributed by atoms with van der Waals surface area (Å²) in [7, 11) is 1.84. The van der Waals surface area contributed by atoms with Gasteiger partial charge in [0.05, 0.1) is 11.1 Å². The molecule has 4 aliphatic rings. The fourth-order valence-corrected chi connectivity index (χ4v) is 4.97. The molecule has 132 valence electrons. The normalized spacial score (nSPS) is 29.3. The number of nitrogens with one attached hydrogen (secondary N) is 1. The van der Waals surface area contributed by atoms with Gasteiger partial charge in [-0.3, -0.25) is 4.79 Å². The van der Waals surface area contributed by atoms with Gasteiger partial charge in [0.25, 0.3) is 5.91 Å².